The standard InChI is InChI=1S/C13H11BrFNOS/c1-16(8-9-4-3-7-18-9)13(17)12-10(14)5-2-6-11(12)15/h2-7H,8H2,1H3. The molecule has 2 rings (SSSR count). The van der Waals surface area contributed by atoms with Crippen molar-refractivity contribution >= 4 is 33.2 Å². The van der Waals surface area contributed by atoms with Gasteiger partial charge in [-0.25, -0.2) is 4.39 Å². The normalized spacial score (nSPS) is 10.4. The van der Waals surface area contributed by atoms with Gasteiger partial charge < -0.3 is 4.90 Å². The lowest BCUT2D eigenvalue weighted by Gasteiger charge is -2.17. The first kappa shape index (κ1) is 13.2. The Bertz CT molecular complexity index is 536. The van der Waals surface area contributed by atoms with Crippen LogP contribution in [-0.2, 0) is 6.54 Å². The van der Waals surface area contributed by atoms with Gasteiger partial charge >= 0.3 is 0 Å². The molecule has 1 aromatic heterocycles. The van der Waals surface area contributed by atoms with Crippen LogP contribution in [0.25, 0.3) is 0 Å². The summed E-state index contributed by atoms with van der Waals surface area (Å²) in [6.07, 6.45) is 0. The van der Waals surface area contributed by atoms with Gasteiger partial charge in [0.2, 0.25) is 0 Å². The minimum Gasteiger partial charge on any atom is -0.336 e. The van der Waals surface area contributed by atoms with Crippen LogP contribution >= 0.6 is 27.3 Å². The van der Waals surface area contributed by atoms with Gasteiger partial charge in [-0.3, -0.25) is 4.79 Å². The molecule has 1 aromatic carbocycles. The summed E-state index contributed by atoms with van der Waals surface area (Å²) in [5.74, 6) is -0.833. The predicted octanol–water partition coefficient (Wildman–Crippen LogP) is 3.92. The van der Waals surface area contributed by atoms with Crippen LogP contribution in [0.1, 0.15) is 15.2 Å². The second-order valence-corrected chi connectivity index (χ2v) is 5.72. The Morgan fingerprint density at radius 2 is 2.17 bits per heavy atom. The summed E-state index contributed by atoms with van der Waals surface area (Å²) < 4.78 is 14.1. The Morgan fingerprint density at radius 1 is 1.39 bits per heavy atom. The van der Waals surface area contributed by atoms with Crippen LogP contribution in [-0.4, -0.2) is 17.9 Å². The van der Waals surface area contributed by atoms with Gasteiger partial charge in [0.05, 0.1) is 12.1 Å². The molecule has 0 radical (unpaired) electrons. The van der Waals surface area contributed by atoms with E-state index in [0.29, 0.717) is 11.0 Å². The first-order valence-corrected chi connectivity index (χ1v) is 6.98. The second-order valence-electron chi connectivity index (χ2n) is 3.84. The number of nitrogens with zero attached hydrogens (tertiary/aromatic N) is 1. The van der Waals surface area contributed by atoms with Crippen molar-refractivity contribution in [3.63, 3.8) is 0 Å². The Morgan fingerprint density at radius 3 is 2.78 bits per heavy atom. The van der Waals surface area contributed by atoms with Gasteiger partial charge in [-0.05, 0) is 39.5 Å². The lowest BCUT2D eigenvalue weighted by molar-refractivity contribution is 0.0781. The summed E-state index contributed by atoms with van der Waals surface area (Å²) in [6.45, 7) is 0.483. The summed E-state index contributed by atoms with van der Waals surface area (Å²) in [7, 11) is 1.67. The summed E-state index contributed by atoms with van der Waals surface area (Å²) in [4.78, 5) is 14.7. The Labute approximate surface area is 117 Å². The van der Waals surface area contributed by atoms with Crippen molar-refractivity contribution in [2.45, 2.75) is 6.54 Å². The molecule has 0 N–H and O–H groups in total. The van der Waals surface area contributed by atoms with Gasteiger partial charge in [0, 0.05) is 16.4 Å². The van der Waals surface area contributed by atoms with Crippen LogP contribution in [0, 0.1) is 5.82 Å². The monoisotopic (exact) mass is 327 g/mol. The third kappa shape index (κ3) is 2.79. The zero-order chi connectivity index (χ0) is 13.1. The van der Waals surface area contributed by atoms with Crippen LogP contribution in [0.4, 0.5) is 4.39 Å². The van der Waals surface area contributed by atoms with Crippen molar-refractivity contribution in [2.24, 2.45) is 0 Å². The molecule has 5 heteroatoms. The quantitative estimate of drug-likeness (QED) is 0.836. The fourth-order valence-corrected chi connectivity index (χ4v) is 2.87. The summed E-state index contributed by atoms with van der Waals surface area (Å²) >= 11 is 4.78. The molecule has 0 saturated heterocycles. The smallest absolute Gasteiger partial charge is 0.258 e. The van der Waals surface area contributed by atoms with E-state index in [1.54, 1.807) is 30.5 Å². The number of carbonyl (C=O) groups is 1. The van der Waals surface area contributed by atoms with E-state index in [-0.39, 0.29) is 11.5 Å². The van der Waals surface area contributed by atoms with Crippen LogP contribution < -0.4 is 0 Å². The van der Waals surface area contributed by atoms with Crippen molar-refractivity contribution in [2.75, 3.05) is 7.05 Å². The highest BCUT2D eigenvalue weighted by molar-refractivity contribution is 9.10. The zero-order valence-electron chi connectivity index (χ0n) is 9.69. The van der Waals surface area contributed by atoms with E-state index >= 15 is 0 Å². The fraction of sp³-hybridized carbons (Fsp3) is 0.154. The molecule has 18 heavy (non-hydrogen) atoms. The lowest BCUT2D eigenvalue weighted by atomic mass is 10.2. The Kier molecular flexibility index (Phi) is 4.14. The predicted molar refractivity (Wildman–Crippen MR) is 74.2 cm³/mol. The highest BCUT2D eigenvalue weighted by atomic mass is 79.9. The minimum atomic E-state index is -0.507. The number of amides is 1. The highest BCUT2D eigenvalue weighted by Gasteiger charge is 2.19. The van der Waals surface area contributed by atoms with Crippen LogP contribution in [0.5, 0.6) is 0 Å². The van der Waals surface area contributed by atoms with Crippen LogP contribution in [0.2, 0.25) is 0 Å². The molecule has 94 valence electrons. The van der Waals surface area contributed by atoms with Gasteiger partial charge in [-0.15, -0.1) is 11.3 Å². The van der Waals surface area contributed by atoms with Crippen molar-refractivity contribution in [3.8, 4) is 0 Å². The summed E-state index contributed by atoms with van der Waals surface area (Å²) in [6, 6.07) is 8.39. The zero-order valence-corrected chi connectivity index (χ0v) is 12.1. The average Bonchev–Trinajstić information content (AvgIpc) is 2.81. The molecular formula is C13H11BrFNOS. The number of hydrogen-bond donors (Lipinski definition) is 0. The van der Waals surface area contributed by atoms with Gasteiger partial charge in [0.1, 0.15) is 5.82 Å². The first-order valence-electron chi connectivity index (χ1n) is 5.31. The van der Waals surface area contributed by atoms with Crippen LogP contribution in [0.3, 0.4) is 0 Å². The van der Waals surface area contributed by atoms with Crippen molar-refractivity contribution in [1.82, 2.24) is 4.90 Å². The van der Waals surface area contributed by atoms with Gasteiger partial charge in [-0.2, -0.15) is 0 Å². The van der Waals surface area contributed by atoms with E-state index in [1.807, 2.05) is 17.5 Å². The summed E-state index contributed by atoms with van der Waals surface area (Å²) in [5, 5.41) is 1.95. The maximum absolute atomic E-state index is 13.7. The van der Waals surface area contributed by atoms with E-state index in [4.69, 9.17) is 0 Å². The number of carbonyl (C=O) groups excluding carboxylic acids is 1. The molecule has 0 saturated carbocycles. The van der Waals surface area contributed by atoms with E-state index in [1.165, 1.54) is 11.0 Å². The number of thiophene rings is 1. The number of benzene rings is 1. The SMILES string of the molecule is CN(Cc1cccs1)C(=O)c1c(F)cccc1Br. The van der Waals surface area contributed by atoms with Gasteiger partial charge in [0.15, 0.2) is 0 Å². The summed E-state index contributed by atoms with van der Waals surface area (Å²) in [5.41, 5.74) is 0.0801. The first-order chi connectivity index (χ1) is 8.59. The maximum Gasteiger partial charge on any atom is 0.258 e. The van der Waals surface area contributed by atoms with Gasteiger partial charge in [0.25, 0.3) is 5.91 Å². The average molecular weight is 328 g/mol. The molecule has 0 aliphatic heterocycles. The largest absolute Gasteiger partial charge is 0.336 e. The van der Waals surface area contributed by atoms with Crippen molar-refractivity contribution < 1.29 is 9.18 Å². The molecule has 2 aromatic rings. The Balaban J connectivity index is 2.21. The molecule has 1 amide bonds. The molecule has 1 heterocycles. The lowest BCUT2D eigenvalue weighted by Crippen LogP contribution is -2.27. The molecule has 0 bridgehead atoms. The molecule has 0 fully saturated rings. The molecular weight excluding hydrogens is 317 g/mol. The van der Waals surface area contributed by atoms with Gasteiger partial charge in [-0.1, -0.05) is 12.1 Å². The minimum absolute atomic E-state index is 0.0801. The maximum atomic E-state index is 13.7. The van der Waals surface area contributed by atoms with Crippen LogP contribution in [0.15, 0.2) is 40.2 Å². The third-order valence-corrected chi connectivity index (χ3v) is 4.02. The van der Waals surface area contributed by atoms with E-state index in [9.17, 15) is 9.18 Å². The topological polar surface area (TPSA) is 20.3 Å². The molecule has 0 unspecified atom stereocenters. The van der Waals surface area contributed by atoms with E-state index in [0.717, 1.165) is 4.88 Å². The number of halogens is 2. The molecule has 0 aliphatic rings. The second kappa shape index (κ2) is 5.63. The third-order valence-electron chi connectivity index (χ3n) is 2.50. The fourth-order valence-electron chi connectivity index (χ4n) is 1.60. The molecule has 2 nitrogen and oxygen atoms in total. The van der Waals surface area contributed by atoms with E-state index in [2.05, 4.69) is 15.9 Å². The Hall–Kier alpha value is -1.20. The van der Waals surface area contributed by atoms with Crippen molar-refractivity contribution in [1.29, 1.82) is 0 Å². The molecule has 0 aliphatic carbocycles. The van der Waals surface area contributed by atoms with Crippen molar-refractivity contribution in [3.05, 3.63) is 56.4 Å². The molecule has 0 spiro atoms. The number of hydrogen-bond acceptors (Lipinski definition) is 2. The molecule has 0 atom stereocenters. The number of rotatable bonds is 3. The van der Waals surface area contributed by atoms with E-state index < -0.39 is 5.82 Å². The highest BCUT2D eigenvalue weighted by Crippen LogP contribution is 2.22.